The standard InChI is InChI=1S/C6H8OS/c7-6-2-5-1-4(6)3-8-5/h4-5H,1-3H2. The van der Waals surface area contributed by atoms with E-state index >= 15 is 0 Å². The minimum absolute atomic E-state index is 0.463. The molecule has 44 valence electrons. The van der Waals surface area contributed by atoms with Crippen molar-refractivity contribution in [2.75, 3.05) is 5.75 Å². The second-order valence-corrected chi connectivity index (χ2v) is 3.89. The Hall–Kier alpha value is 0.0200. The van der Waals surface area contributed by atoms with Gasteiger partial charge in [-0.25, -0.2) is 0 Å². The Labute approximate surface area is 52.8 Å². The highest BCUT2D eigenvalue weighted by molar-refractivity contribution is 8.00. The summed E-state index contributed by atoms with van der Waals surface area (Å²) in [6.45, 7) is 0. The van der Waals surface area contributed by atoms with Crippen LogP contribution in [0.3, 0.4) is 0 Å². The molecule has 2 atom stereocenters. The summed E-state index contributed by atoms with van der Waals surface area (Å²) in [6.07, 6.45) is 2.05. The van der Waals surface area contributed by atoms with Gasteiger partial charge in [-0.05, 0) is 6.42 Å². The molecule has 0 radical (unpaired) electrons. The first-order chi connectivity index (χ1) is 3.86. The number of thioether (sulfide) groups is 1. The molecule has 2 unspecified atom stereocenters. The fraction of sp³-hybridized carbons (Fsp3) is 0.833. The van der Waals surface area contributed by atoms with E-state index in [0.29, 0.717) is 17.0 Å². The molecule has 8 heavy (non-hydrogen) atoms. The van der Waals surface area contributed by atoms with Gasteiger partial charge in [0.2, 0.25) is 0 Å². The largest absolute Gasteiger partial charge is 0.299 e. The third kappa shape index (κ3) is 0.524. The summed E-state index contributed by atoms with van der Waals surface area (Å²) in [6, 6.07) is 0. The fourth-order valence-electron chi connectivity index (χ4n) is 1.46. The SMILES string of the molecule is O=C1CC2CC1CS2. The van der Waals surface area contributed by atoms with Crippen LogP contribution in [0, 0.1) is 5.92 Å². The number of hydrogen-bond donors (Lipinski definition) is 0. The van der Waals surface area contributed by atoms with Crippen LogP contribution in [0.15, 0.2) is 0 Å². The summed E-state index contributed by atoms with van der Waals surface area (Å²) in [4.78, 5) is 10.8. The number of Topliss-reactive ketones (excluding diaryl/α,β-unsaturated/α-hetero) is 1. The lowest BCUT2D eigenvalue weighted by Crippen LogP contribution is -2.10. The molecule has 2 heteroatoms. The number of carbonyl (C=O) groups excluding carboxylic acids is 1. The molecule has 0 aromatic rings. The lowest BCUT2D eigenvalue weighted by molar-refractivity contribution is -0.120. The third-order valence-electron chi connectivity index (χ3n) is 1.96. The van der Waals surface area contributed by atoms with Crippen LogP contribution in [-0.2, 0) is 4.79 Å². The lowest BCUT2D eigenvalue weighted by Gasteiger charge is -2.04. The number of carbonyl (C=O) groups is 1. The Bertz CT molecular complexity index is 132. The van der Waals surface area contributed by atoms with Crippen molar-refractivity contribution in [2.24, 2.45) is 5.92 Å². The molecule has 0 spiro atoms. The van der Waals surface area contributed by atoms with Crippen LogP contribution in [0.25, 0.3) is 0 Å². The first-order valence-electron chi connectivity index (χ1n) is 3.00. The summed E-state index contributed by atoms with van der Waals surface area (Å²) >= 11 is 1.98. The van der Waals surface area contributed by atoms with Crippen LogP contribution in [0.5, 0.6) is 0 Å². The Balaban J connectivity index is 2.22. The fourth-order valence-corrected chi connectivity index (χ4v) is 2.94. The minimum Gasteiger partial charge on any atom is -0.299 e. The smallest absolute Gasteiger partial charge is 0.137 e. The summed E-state index contributed by atoms with van der Waals surface area (Å²) in [5.41, 5.74) is 0. The first kappa shape index (κ1) is 4.86. The van der Waals surface area contributed by atoms with E-state index in [9.17, 15) is 4.79 Å². The van der Waals surface area contributed by atoms with Crippen LogP contribution < -0.4 is 0 Å². The number of hydrogen-bond acceptors (Lipinski definition) is 2. The van der Waals surface area contributed by atoms with Gasteiger partial charge in [-0.15, -0.1) is 0 Å². The van der Waals surface area contributed by atoms with E-state index in [2.05, 4.69) is 0 Å². The maximum absolute atomic E-state index is 10.8. The van der Waals surface area contributed by atoms with E-state index in [-0.39, 0.29) is 0 Å². The van der Waals surface area contributed by atoms with Gasteiger partial charge in [0.25, 0.3) is 0 Å². The second-order valence-electron chi connectivity index (χ2n) is 2.56. The molecule has 1 aliphatic heterocycles. The molecule has 0 aromatic carbocycles. The molecule has 1 saturated heterocycles. The number of rotatable bonds is 0. The number of ketones is 1. The summed E-state index contributed by atoms with van der Waals surface area (Å²) in [7, 11) is 0. The molecule has 1 nitrogen and oxygen atoms in total. The Morgan fingerprint density at radius 2 is 2.50 bits per heavy atom. The van der Waals surface area contributed by atoms with Gasteiger partial charge in [0.1, 0.15) is 5.78 Å². The van der Waals surface area contributed by atoms with Crippen LogP contribution in [0.4, 0.5) is 0 Å². The highest BCUT2D eigenvalue weighted by Crippen LogP contribution is 2.41. The molecular formula is C6H8OS. The van der Waals surface area contributed by atoms with Crippen molar-refractivity contribution < 1.29 is 4.79 Å². The van der Waals surface area contributed by atoms with Crippen molar-refractivity contribution in [3.63, 3.8) is 0 Å². The third-order valence-corrected chi connectivity index (χ3v) is 3.39. The van der Waals surface area contributed by atoms with E-state index in [4.69, 9.17) is 0 Å². The first-order valence-corrected chi connectivity index (χ1v) is 4.05. The van der Waals surface area contributed by atoms with Crippen molar-refractivity contribution in [3.8, 4) is 0 Å². The summed E-state index contributed by atoms with van der Waals surface area (Å²) < 4.78 is 0. The van der Waals surface area contributed by atoms with Gasteiger partial charge in [0.05, 0.1) is 0 Å². The number of fused-ring (bicyclic) bond motifs is 2. The molecule has 0 N–H and O–H groups in total. The molecule has 2 fully saturated rings. The average Bonchev–Trinajstić information content (AvgIpc) is 2.23. The van der Waals surface area contributed by atoms with Crippen LogP contribution in [0.2, 0.25) is 0 Å². The maximum atomic E-state index is 10.8. The van der Waals surface area contributed by atoms with Gasteiger partial charge in [-0.3, -0.25) is 4.79 Å². The molecule has 1 aliphatic carbocycles. The van der Waals surface area contributed by atoms with Gasteiger partial charge < -0.3 is 0 Å². The van der Waals surface area contributed by atoms with Crippen molar-refractivity contribution in [1.29, 1.82) is 0 Å². The van der Waals surface area contributed by atoms with E-state index in [1.165, 1.54) is 6.42 Å². The second kappa shape index (κ2) is 1.50. The highest BCUT2D eigenvalue weighted by Gasteiger charge is 2.38. The monoisotopic (exact) mass is 128 g/mol. The van der Waals surface area contributed by atoms with Crippen LogP contribution >= 0.6 is 11.8 Å². The van der Waals surface area contributed by atoms with Gasteiger partial charge in [-0.2, -0.15) is 11.8 Å². The van der Waals surface area contributed by atoms with Gasteiger partial charge in [0.15, 0.2) is 0 Å². The molecule has 2 aliphatic rings. The maximum Gasteiger partial charge on any atom is 0.137 e. The topological polar surface area (TPSA) is 17.1 Å². The predicted molar refractivity (Wildman–Crippen MR) is 34.0 cm³/mol. The van der Waals surface area contributed by atoms with E-state index in [1.54, 1.807) is 0 Å². The Morgan fingerprint density at radius 1 is 1.62 bits per heavy atom. The quantitative estimate of drug-likeness (QED) is 0.485. The predicted octanol–water partition coefficient (Wildman–Crippen LogP) is 1.08. The van der Waals surface area contributed by atoms with Crippen molar-refractivity contribution in [2.45, 2.75) is 18.1 Å². The molecule has 0 amide bonds. The summed E-state index contributed by atoms with van der Waals surface area (Å²) in [5, 5.41) is 0.715. The van der Waals surface area contributed by atoms with Crippen LogP contribution in [-0.4, -0.2) is 16.8 Å². The van der Waals surface area contributed by atoms with Crippen molar-refractivity contribution in [1.82, 2.24) is 0 Å². The molecular weight excluding hydrogens is 120 g/mol. The zero-order valence-corrected chi connectivity index (χ0v) is 5.41. The summed E-state index contributed by atoms with van der Waals surface area (Å²) in [5.74, 6) is 2.10. The molecule has 0 aromatic heterocycles. The average molecular weight is 128 g/mol. The van der Waals surface area contributed by atoms with Gasteiger partial charge >= 0.3 is 0 Å². The van der Waals surface area contributed by atoms with Crippen LogP contribution in [0.1, 0.15) is 12.8 Å². The highest BCUT2D eigenvalue weighted by atomic mass is 32.2. The normalized spacial score (nSPS) is 43.8. The van der Waals surface area contributed by atoms with Gasteiger partial charge in [-0.1, -0.05) is 0 Å². The van der Waals surface area contributed by atoms with Crippen molar-refractivity contribution >= 4 is 17.5 Å². The minimum atomic E-state index is 0.463. The Morgan fingerprint density at radius 3 is 2.75 bits per heavy atom. The van der Waals surface area contributed by atoms with E-state index in [0.717, 1.165) is 12.2 Å². The molecule has 1 heterocycles. The van der Waals surface area contributed by atoms with E-state index < -0.39 is 0 Å². The molecule has 1 saturated carbocycles. The molecule has 2 bridgehead atoms. The molecule has 2 rings (SSSR count). The Kier molecular flexibility index (Phi) is 0.911. The lowest BCUT2D eigenvalue weighted by atomic mass is 10.1. The van der Waals surface area contributed by atoms with Gasteiger partial charge in [0, 0.05) is 23.3 Å². The zero-order chi connectivity index (χ0) is 5.56. The zero-order valence-electron chi connectivity index (χ0n) is 4.59. The van der Waals surface area contributed by atoms with E-state index in [1.807, 2.05) is 11.8 Å². The van der Waals surface area contributed by atoms with Crippen molar-refractivity contribution in [3.05, 3.63) is 0 Å².